The Balaban J connectivity index is 1.63. The molecule has 2 aromatic rings. The van der Waals surface area contributed by atoms with Crippen LogP contribution in [-0.4, -0.2) is 50.5 Å². The van der Waals surface area contributed by atoms with E-state index in [4.69, 9.17) is 4.74 Å². The number of carbonyl (C=O) groups is 2. The zero-order chi connectivity index (χ0) is 18.8. The number of hydrogen-bond acceptors (Lipinski definition) is 4. The summed E-state index contributed by atoms with van der Waals surface area (Å²) in [4.78, 5) is 25.9. The van der Waals surface area contributed by atoms with Crippen LogP contribution in [0.3, 0.4) is 0 Å². The summed E-state index contributed by atoms with van der Waals surface area (Å²) < 4.78 is 5.06. The van der Waals surface area contributed by atoms with Crippen LogP contribution in [0, 0.1) is 0 Å². The smallest absolute Gasteiger partial charge is 0.251 e. The molecule has 0 atom stereocenters. The third-order valence-electron chi connectivity index (χ3n) is 3.79. The van der Waals surface area contributed by atoms with Gasteiger partial charge in [-0.1, -0.05) is 30.3 Å². The molecule has 0 aliphatic carbocycles. The molecule has 0 aliphatic rings. The van der Waals surface area contributed by atoms with E-state index in [1.54, 1.807) is 31.4 Å². The van der Waals surface area contributed by atoms with Gasteiger partial charge in [0.15, 0.2) is 0 Å². The van der Waals surface area contributed by atoms with Crippen molar-refractivity contribution in [3.8, 4) is 5.75 Å². The van der Waals surface area contributed by atoms with Crippen molar-refractivity contribution in [1.82, 2.24) is 15.5 Å². The van der Waals surface area contributed by atoms with E-state index in [9.17, 15) is 9.59 Å². The first-order valence-electron chi connectivity index (χ1n) is 8.50. The molecular formula is C20H25N3O3. The van der Waals surface area contributed by atoms with Gasteiger partial charge in [0.2, 0.25) is 5.91 Å². The van der Waals surface area contributed by atoms with Crippen LogP contribution < -0.4 is 15.4 Å². The van der Waals surface area contributed by atoms with E-state index in [1.165, 1.54) is 0 Å². The van der Waals surface area contributed by atoms with Gasteiger partial charge in [0, 0.05) is 25.2 Å². The molecule has 0 radical (unpaired) electrons. The predicted molar refractivity (Wildman–Crippen MR) is 101 cm³/mol. The van der Waals surface area contributed by atoms with Gasteiger partial charge >= 0.3 is 0 Å². The first-order valence-corrected chi connectivity index (χ1v) is 8.50. The van der Waals surface area contributed by atoms with Crippen molar-refractivity contribution < 1.29 is 14.3 Å². The van der Waals surface area contributed by atoms with Gasteiger partial charge < -0.3 is 15.4 Å². The number of rotatable bonds is 9. The van der Waals surface area contributed by atoms with Gasteiger partial charge in [-0.15, -0.1) is 0 Å². The molecule has 6 nitrogen and oxygen atoms in total. The average molecular weight is 355 g/mol. The minimum atomic E-state index is -0.178. The predicted octanol–water partition coefficient (Wildman–Crippen LogP) is 1.67. The molecule has 2 amide bonds. The van der Waals surface area contributed by atoms with Crippen LogP contribution in [0.25, 0.3) is 0 Å². The maximum Gasteiger partial charge on any atom is 0.251 e. The first kappa shape index (κ1) is 19.5. The Bertz CT molecular complexity index is 702. The SMILES string of the molecule is COc1ccc(C(=O)NCCNC(=O)CN(C)Cc2ccccc2)cc1. The van der Waals surface area contributed by atoms with Gasteiger partial charge in [-0.3, -0.25) is 14.5 Å². The summed E-state index contributed by atoms with van der Waals surface area (Å²) in [6.45, 7) is 1.78. The minimum Gasteiger partial charge on any atom is -0.497 e. The molecule has 0 saturated heterocycles. The Morgan fingerprint density at radius 3 is 2.27 bits per heavy atom. The minimum absolute atomic E-state index is 0.0675. The zero-order valence-corrected chi connectivity index (χ0v) is 15.2. The average Bonchev–Trinajstić information content (AvgIpc) is 2.65. The summed E-state index contributed by atoms with van der Waals surface area (Å²) in [5.74, 6) is 0.457. The second-order valence-corrected chi connectivity index (χ2v) is 5.99. The van der Waals surface area contributed by atoms with E-state index in [-0.39, 0.29) is 11.8 Å². The summed E-state index contributed by atoms with van der Waals surface area (Å²) in [5.41, 5.74) is 1.72. The fourth-order valence-electron chi connectivity index (χ4n) is 2.47. The van der Waals surface area contributed by atoms with Crippen molar-refractivity contribution >= 4 is 11.8 Å². The molecule has 0 fully saturated rings. The number of methoxy groups -OCH3 is 1. The van der Waals surface area contributed by atoms with Gasteiger partial charge in [-0.25, -0.2) is 0 Å². The van der Waals surface area contributed by atoms with E-state index in [0.29, 0.717) is 37.5 Å². The van der Waals surface area contributed by atoms with Crippen LogP contribution in [-0.2, 0) is 11.3 Å². The summed E-state index contributed by atoms with van der Waals surface area (Å²) in [5, 5.41) is 5.59. The molecule has 2 N–H and O–H groups in total. The second kappa shape index (κ2) is 10.2. The topological polar surface area (TPSA) is 70.7 Å². The van der Waals surface area contributed by atoms with Crippen molar-refractivity contribution in [3.05, 3.63) is 65.7 Å². The largest absolute Gasteiger partial charge is 0.497 e. The number of hydrogen-bond donors (Lipinski definition) is 2. The standard InChI is InChI=1S/C20H25N3O3/c1-23(14-16-6-4-3-5-7-16)15-19(24)21-12-13-22-20(25)17-8-10-18(26-2)11-9-17/h3-11H,12-15H2,1-2H3,(H,21,24)(H,22,25). The lowest BCUT2D eigenvalue weighted by atomic mass is 10.2. The highest BCUT2D eigenvalue weighted by molar-refractivity contribution is 5.94. The van der Waals surface area contributed by atoms with Gasteiger partial charge in [0.1, 0.15) is 5.75 Å². The molecule has 138 valence electrons. The first-order chi connectivity index (χ1) is 12.6. The number of carbonyl (C=O) groups excluding carboxylic acids is 2. The molecule has 2 aromatic carbocycles. The van der Waals surface area contributed by atoms with E-state index in [2.05, 4.69) is 10.6 Å². The number of ether oxygens (including phenoxy) is 1. The van der Waals surface area contributed by atoms with Crippen molar-refractivity contribution in [3.63, 3.8) is 0 Å². The quantitative estimate of drug-likeness (QED) is 0.672. The van der Waals surface area contributed by atoms with Crippen LogP contribution in [0.1, 0.15) is 15.9 Å². The lowest BCUT2D eigenvalue weighted by molar-refractivity contribution is -0.122. The van der Waals surface area contributed by atoms with E-state index < -0.39 is 0 Å². The van der Waals surface area contributed by atoms with Crippen LogP contribution in [0.5, 0.6) is 5.75 Å². The summed E-state index contributed by atoms with van der Waals surface area (Å²) in [6, 6.07) is 16.9. The van der Waals surface area contributed by atoms with Gasteiger partial charge in [0.25, 0.3) is 5.91 Å². The number of nitrogens with zero attached hydrogens (tertiary/aromatic N) is 1. The molecule has 0 heterocycles. The van der Waals surface area contributed by atoms with Gasteiger partial charge in [0.05, 0.1) is 13.7 Å². The highest BCUT2D eigenvalue weighted by Crippen LogP contribution is 2.10. The Hall–Kier alpha value is -2.86. The summed E-state index contributed by atoms with van der Waals surface area (Å²) in [7, 11) is 3.48. The Labute approximate surface area is 154 Å². The number of amides is 2. The van der Waals surface area contributed by atoms with Crippen LogP contribution >= 0.6 is 0 Å². The summed E-state index contributed by atoms with van der Waals surface area (Å²) in [6.07, 6.45) is 0. The highest BCUT2D eigenvalue weighted by Gasteiger charge is 2.08. The zero-order valence-electron chi connectivity index (χ0n) is 15.2. The Morgan fingerprint density at radius 1 is 0.962 bits per heavy atom. The molecule has 0 saturated carbocycles. The molecule has 0 bridgehead atoms. The fraction of sp³-hybridized carbons (Fsp3) is 0.300. The van der Waals surface area contributed by atoms with Crippen molar-refractivity contribution in [2.45, 2.75) is 6.54 Å². The van der Waals surface area contributed by atoms with Crippen LogP contribution in [0.15, 0.2) is 54.6 Å². The number of likely N-dealkylation sites (N-methyl/N-ethyl adjacent to an activating group) is 1. The molecule has 6 heteroatoms. The fourth-order valence-corrected chi connectivity index (χ4v) is 2.47. The molecular weight excluding hydrogens is 330 g/mol. The molecule has 0 unspecified atom stereocenters. The highest BCUT2D eigenvalue weighted by atomic mass is 16.5. The maximum absolute atomic E-state index is 12.0. The Kier molecular flexibility index (Phi) is 7.64. The molecule has 26 heavy (non-hydrogen) atoms. The molecule has 0 spiro atoms. The lowest BCUT2D eigenvalue weighted by Gasteiger charge is -2.16. The molecule has 0 aliphatic heterocycles. The summed E-state index contributed by atoms with van der Waals surface area (Å²) >= 11 is 0. The Morgan fingerprint density at radius 2 is 1.62 bits per heavy atom. The maximum atomic E-state index is 12.0. The third kappa shape index (κ3) is 6.57. The normalized spacial score (nSPS) is 10.4. The van der Waals surface area contributed by atoms with E-state index in [1.807, 2.05) is 42.3 Å². The van der Waals surface area contributed by atoms with Crippen molar-refractivity contribution in [1.29, 1.82) is 0 Å². The van der Waals surface area contributed by atoms with Crippen molar-refractivity contribution in [2.75, 3.05) is 33.8 Å². The van der Waals surface area contributed by atoms with E-state index >= 15 is 0 Å². The second-order valence-electron chi connectivity index (χ2n) is 5.99. The lowest BCUT2D eigenvalue weighted by Crippen LogP contribution is -2.39. The monoisotopic (exact) mass is 355 g/mol. The third-order valence-corrected chi connectivity index (χ3v) is 3.79. The number of nitrogens with one attached hydrogen (secondary N) is 2. The van der Waals surface area contributed by atoms with E-state index in [0.717, 1.165) is 5.56 Å². The molecule has 0 aromatic heterocycles. The molecule has 2 rings (SSSR count). The van der Waals surface area contributed by atoms with Gasteiger partial charge in [-0.2, -0.15) is 0 Å². The van der Waals surface area contributed by atoms with Gasteiger partial charge in [-0.05, 0) is 36.9 Å². The van der Waals surface area contributed by atoms with Crippen molar-refractivity contribution in [2.24, 2.45) is 0 Å². The van der Waals surface area contributed by atoms with Crippen LogP contribution in [0.2, 0.25) is 0 Å². The number of benzene rings is 2. The van der Waals surface area contributed by atoms with Crippen LogP contribution in [0.4, 0.5) is 0 Å².